The second kappa shape index (κ2) is 10.8. The van der Waals surface area contributed by atoms with Crippen molar-refractivity contribution in [3.8, 4) is 22.8 Å². The number of carbonyl (C=O) groups excluding carboxylic acids is 1. The van der Waals surface area contributed by atoms with Crippen molar-refractivity contribution in [1.82, 2.24) is 10.1 Å². The Balaban J connectivity index is 1.15. The van der Waals surface area contributed by atoms with Crippen LogP contribution in [0, 0.1) is 11.8 Å². The number of benzene rings is 2. The van der Waals surface area contributed by atoms with E-state index in [-0.39, 0.29) is 18.1 Å². The molecule has 9 nitrogen and oxygen atoms in total. The molecule has 0 spiro atoms. The molecule has 3 aliphatic heterocycles. The quantitative estimate of drug-likeness (QED) is 0.314. The summed E-state index contributed by atoms with van der Waals surface area (Å²) in [6, 6.07) is 12.3. The minimum Gasteiger partial charge on any atom is -0.495 e. The van der Waals surface area contributed by atoms with E-state index in [1.165, 1.54) is 30.5 Å². The molecule has 1 amide bonds. The first-order chi connectivity index (χ1) is 20.0. The molecule has 216 valence electrons. The van der Waals surface area contributed by atoms with Crippen LogP contribution in [0.2, 0.25) is 0 Å². The number of amides is 1. The molecule has 0 radical (unpaired) electrons. The zero-order valence-corrected chi connectivity index (χ0v) is 24.5. The van der Waals surface area contributed by atoms with Gasteiger partial charge in [0.05, 0.1) is 33.0 Å². The van der Waals surface area contributed by atoms with Crippen molar-refractivity contribution < 1.29 is 23.5 Å². The lowest BCUT2D eigenvalue weighted by molar-refractivity contribution is 0.0258. The summed E-state index contributed by atoms with van der Waals surface area (Å²) in [6.07, 6.45) is 4.40. The Morgan fingerprint density at radius 2 is 1.93 bits per heavy atom. The number of methoxy groups -OCH3 is 2. The third kappa shape index (κ3) is 5.01. The van der Waals surface area contributed by atoms with Crippen molar-refractivity contribution in [1.29, 1.82) is 0 Å². The third-order valence-electron chi connectivity index (χ3n) is 8.98. The molecule has 10 heteroatoms. The van der Waals surface area contributed by atoms with Gasteiger partial charge in [0.25, 0.3) is 5.91 Å². The molecule has 3 aromatic rings. The van der Waals surface area contributed by atoms with Crippen LogP contribution in [0.3, 0.4) is 0 Å². The fourth-order valence-corrected chi connectivity index (χ4v) is 7.03. The largest absolute Gasteiger partial charge is 0.495 e. The van der Waals surface area contributed by atoms with E-state index in [9.17, 15) is 4.79 Å². The minimum absolute atomic E-state index is 0.0238. The van der Waals surface area contributed by atoms with E-state index in [2.05, 4.69) is 46.0 Å². The first-order valence-electron chi connectivity index (χ1n) is 14.5. The molecule has 4 atom stereocenters. The summed E-state index contributed by atoms with van der Waals surface area (Å²) in [5.41, 5.74) is 3.90. The van der Waals surface area contributed by atoms with Crippen molar-refractivity contribution in [2.45, 2.75) is 49.6 Å². The van der Waals surface area contributed by atoms with Crippen molar-refractivity contribution >= 4 is 29.4 Å². The maximum atomic E-state index is 13.4. The maximum absolute atomic E-state index is 13.4. The van der Waals surface area contributed by atoms with E-state index in [1.807, 2.05) is 4.90 Å². The van der Waals surface area contributed by atoms with Crippen molar-refractivity contribution in [2.24, 2.45) is 11.8 Å². The van der Waals surface area contributed by atoms with E-state index < -0.39 is 0 Å². The van der Waals surface area contributed by atoms with E-state index in [0.29, 0.717) is 47.9 Å². The number of ether oxygens (including phenoxy) is 3. The fourth-order valence-electron chi connectivity index (χ4n) is 6.19. The zero-order chi connectivity index (χ0) is 28.1. The normalized spacial score (nSPS) is 24.4. The Labute approximate surface area is 244 Å². The second-order valence-corrected chi connectivity index (χ2v) is 12.4. The van der Waals surface area contributed by atoms with Crippen molar-refractivity contribution in [3.05, 3.63) is 47.5 Å². The van der Waals surface area contributed by atoms with Gasteiger partial charge in [-0.25, -0.2) is 0 Å². The molecule has 4 aliphatic rings. The van der Waals surface area contributed by atoms with Crippen molar-refractivity contribution in [2.75, 3.05) is 50.1 Å². The number of aromatic nitrogens is 1. The molecular formula is C31H36N4O5S. The maximum Gasteiger partial charge on any atom is 0.254 e. The Hall–Kier alpha value is -3.37. The fraction of sp³-hybridized carbons (Fsp3) is 0.484. The van der Waals surface area contributed by atoms with E-state index in [0.717, 1.165) is 47.7 Å². The minimum atomic E-state index is -0.0238. The molecule has 41 heavy (non-hydrogen) atoms. The van der Waals surface area contributed by atoms with Crippen LogP contribution in [0.25, 0.3) is 11.3 Å². The molecule has 3 saturated heterocycles. The summed E-state index contributed by atoms with van der Waals surface area (Å²) in [5, 5.41) is 4.48. The van der Waals surface area contributed by atoms with Crippen LogP contribution in [-0.4, -0.2) is 68.6 Å². The lowest BCUT2D eigenvalue weighted by Crippen LogP contribution is -2.41. The lowest BCUT2D eigenvalue weighted by Gasteiger charge is -2.33. The van der Waals surface area contributed by atoms with Crippen LogP contribution >= 0.6 is 11.9 Å². The van der Waals surface area contributed by atoms with Gasteiger partial charge in [-0.05, 0) is 73.7 Å². The van der Waals surface area contributed by atoms with E-state index >= 15 is 0 Å². The molecular weight excluding hydrogens is 540 g/mol. The van der Waals surface area contributed by atoms with Crippen LogP contribution in [-0.2, 0) is 11.2 Å². The highest BCUT2D eigenvalue weighted by Crippen LogP contribution is 2.46. The lowest BCUT2D eigenvalue weighted by atomic mass is 10.0. The SMILES string of the molecule is COc1cc(C(=O)N2CC3CC2CO3)cc(OC)c1SNc1noc(-c2cccc(N3CCC3)c2)c1CC1CC1C. The van der Waals surface area contributed by atoms with E-state index in [1.54, 1.807) is 26.4 Å². The van der Waals surface area contributed by atoms with Gasteiger partial charge >= 0.3 is 0 Å². The van der Waals surface area contributed by atoms with Crippen LogP contribution in [0.15, 0.2) is 45.8 Å². The number of morpholine rings is 1. The molecule has 4 fully saturated rings. The van der Waals surface area contributed by atoms with Gasteiger partial charge in [0, 0.05) is 42.0 Å². The standard InChI is InChI=1S/C31H36N4O5S/c1-18-10-20(18)12-25-28(19-6-4-7-22(11-19)34-8-5-9-34)40-32-30(25)33-41-29-26(37-2)13-21(14-27(29)38-3)31(36)35-16-24-15-23(35)17-39-24/h4,6-7,11,13-14,18,20,23-24H,5,8-10,12,15-17H2,1-3H3,(H,32,33). The van der Waals surface area contributed by atoms with Crippen LogP contribution in [0.1, 0.15) is 42.1 Å². The van der Waals surface area contributed by atoms with Gasteiger partial charge in [0.15, 0.2) is 11.6 Å². The highest BCUT2D eigenvalue weighted by atomic mass is 32.2. The number of rotatable bonds is 10. The summed E-state index contributed by atoms with van der Waals surface area (Å²) in [6.45, 7) is 5.72. The second-order valence-electron chi connectivity index (χ2n) is 11.6. The number of nitrogens with one attached hydrogen (secondary N) is 1. The Kier molecular flexibility index (Phi) is 6.98. The Morgan fingerprint density at radius 3 is 2.54 bits per heavy atom. The predicted octanol–water partition coefficient (Wildman–Crippen LogP) is 5.50. The summed E-state index contributed by atoms with van der Waals surface area (Å²) in [5.74, 6) is 3.95. The number of hydrogen-bond donors (Lipinski definition) is 1. The molecule has 4 unspecified atom stereocenters. The molecule has 1 saturated carbocycles. The van der Waals surface area contributed by atoms with Gasteiger partial charge in [-0.1, -0.05) is 24.2 Å². The molecule has 1 N–H and O–H groups in total. The van der Waals surface area contributed by atoms with Gasteiger partial charge in [-0.3, -0.25) is 4.79 Å². The third-order valence-corrected chi connectivity index (χ3v) is 9.88. The molecule has 2 bridgehead atoms. The summed E-state index contributed by atoms with van der Waals surface area (Å²) < 4.78 is 26.6. The van der Waals surface area contributed by atoms with Gasteiger partial charge in [0.1, 0.15) is 16.4 Å². The summed E-state index contributed by atoms with van der Waals surface area (Å²) >= 11 is 1.36. The molecule has 1 aliphatic carbocycles. The molecule has 7 rings (SSSR count). The number of hydrogen-bond acceptors (Lipinski definition) is 9. The molecule has 1 aromatic heterocycles. The van der Waals surface area contributed by atoms with Crippen LogP contribution in [0.5, 0.6) is 11.5 Å². The summed E-state index contributed by atoms with van der Waals surface area (Å²) in [7, 11) is 3.22. The average Bonchev–Trinajstić information content (AvgIpc) is 3.34. The number of anilines is 2. The van der Waals surface area contributed by atoms with E-state index in [4.69, 9.17) is 18.7 Å². The number of likely N-dealkylation sites (tertiary alicyclic amines) is 1. The monoisotopic (exact) mass is 576 g/mol. The van der Waals surface area contributed by atoms with Gasteiger partial charge < -0.3 is 33.3 Å². The smallest absolute Gasteiger partial charge is 0.254 e. The predicted molar refractivity (Wildman–Crippen MR) is 158 cm³/mol. The average molecular weight is 577 g/mol. The Bertz CT molecular complexity index is 1430. The van der Waals surface area contributed by atoms with Gasteiger partial charge in [-0.15, -0.1) is 0 Å². The van der Waals surface area contributed by atoms with Gasteiger partial charge in [-0.2, -0.15) is 0 Å². The zero-order valence-electron chi connectivity index (χ0n) is 23.7. The molecule has 2 aromatic carbocycles. The summed E-state index contributed by atoms with van der Waals surface area (Å²) in [4.78, 5) is 18.4. The number of carbonyl (C=O) groups is 1. The van der Waals surface area contributed by atoms with Crippen LogP contribution < -0.4 is 19.1 Å². The highest BCUT2D eigenvalue weighted by molar-refractivity contribution is 8.00. The number of nitrogens with zero attached hydrogens (tertiary/aromatic N) is 3. The number of fused-ring (bicyclic) bond motifs is 2. The first kappa shape index (κ1) is 26.5. The Morgan fingerprint density at radius 1 is 1.15 bits per heavy atom. The topological polar surface area (TPSA) is 89.3 Å². The first-order valence-corrected chi connectivity index (χ1v) is 15.3. The van der Waals surface area contributed by atoms with Crippen LogP contribution in [0.4, 0.5) is 11.5 Å². The highest BCUT2D eigenvalue weighted by Gasteiger charge is 2.42. The van der Waals surface area contributed by atoms with Gasteiger partial charge in [0.2, 0.25) is 0 Å². The van der Waals surface area contributed by atoms with Crippen molar-refractivity contribution in [3.63, 3.8) is 0 Å². The molecule has 4 heterocycles.